The van der Waals surface area contributed by atoms with Crippen molar-refractivity contribution in [1.82, 2.24) is 19.4 Å². The van der Waals surface area contributed by atoms with Crippen molar-refractivity contribution < 1.29 is 4.74 Å². The molecule has 0 radical (unpaired) electrons. The normalized spacial score (nSPS) is 10.6. The van der Waals surface area contributed by atoms with Crippen molar-refractivity contribution in [1.29, 1.82) is 0 Å². The van der Waals surface area contributed by atoms with Gasteiger partial charge in [0.25, 0.3) is 5.88 Å². The molecular weight excluding hydrogens is 218 g/mol. The molecule has 0 aliphatic heterocycles. The Labute approximate surface area is 96.7 Å². The van der Waals surface area contributed by atoms with Crippen molar-refractivity contribution in [2.75, 3.05) is 5.73 Å². The molecule has 2 N–H and O–H groups in total. The molecule has 0 fully saturated rings. The third-order valence-corrected chi connectivity index (χ3v) is 2.21. The van der Waals surface area contributed by atoms with E-state index in [1.807, 2.05) is 0 Å². The van der Waals surface area contributed by atoms with Crippen molar-refractivity contribution in [3.63, 3.8) is 0 Å². The van der Waals surface area contributed by atoms with E-state index in [1.54, 1.807) is 47.5 Å². The van der Waals surface area contributed by atoms with Crippen molar-refractivity contribution in [2.45, 2.75) is 0 Å². The first-order valence-corrected chi connectivity index (χ1v) is 5.00. The van der Waals surface area contributed by atoms with Gasteiger partial charge in [0.05, 0.1) is 12.4 Å². The minimum atomic E-state index is 0.364. The summed E-state index contributed by atoms with van der Waals surface area (Å²) in [6.07, 6.45) is 8.39. The first-order valence-electron chi connectivity index (χ1n) is 5.00. The Balaban J connectivity index is 2.08. The van der Waals surface area contributed by atoms with Gasteiger partial charge in [0, 0.05) is 18.6 Å². The van der Waals surface area contributed by atoms with Gasteiger partial charge in [-0.3, -0.25) is 9.38 Å². The van der Waals surface area contributed by atoms with Gasteiger partial charge in [-0.2, -0.15) is 4.98 Å². The van der Waals surface area contributed by atoms with Gasteiger partial charge in [0.1, 0.15) is 11.6 Å². The Bertz CT molecular complexity index is 649. The molecule has 3 aromatic heterocycles. The third-order valence-electron chi connectivity index (χ3n) is 2.21. The predicted octanol–water partition coefficient (Wildman–Crippen LogP) is 1.50. The molecule has 3 rings (SSSR count). The number of ether oxygens (including phenoxy) is 1. The number of rotatable bonds is 2. The van der Waals surface area contributed by atoms with Gasteiger partial charge < -0.3 is 10.5 Å². The van der Waals surface area contributed by atoms with E-state index in [-0.39, 0.29) is 0 Å². The molecule has 0 aliphatic rings. The summed E-state index contributed by atoms with van der Waals surface area (Å²) in [6, 6.07) is 3.57. The molecule has 3 aromatic rings. The topological polar surface area (TPSA) is 78.3 Å². The highest BCUT2D eigenvalue weighted by molar-refractivity contribution is 5.53. The first kappa shape index (κ1) is 9.59. The van der Waals surface area contributed by atoms with Crippen LogP contribution in [0.2, 0.25) is 0 Å². The second-order valence-electron chi connectivity index (χ2n) is 3.42. The number of nitrogens with zero attached hydrogens (tertiary/aromatic N) is 4. The van der Waals surface area contributed by atoms with E-state index in [4.69, 9.17) is 10.5 Å². The summed E-state index contributed by atoms with van der Waals surface area (Å²) >= 11 is 0. The van der Waals surface area contributed by atoms with E-state index in [0.29, 0.717) is 23.1 Å². The summed E-state index contributed by atoms with van der Waals surface area (Å²) in [6.45, 7) is 0. The molecule has 17 heavy (non-hydrogen) atoms. The van der Waals surface area contributed by atoms with Crippen LogP contribution in [0.15, 0.2) is 43.1 Å². The molecule has 0 bridgehead atoms. The fourth-order valence-corrected chi connectivity index (χ4v) is 1.51. The van der Waals surface area contributed by atoms with Crippen LogP contribution in [-0.2, 0) is 0 Å². The van der Waals surface area contributed by atoms with Gasteiger partial charge in [-0.05, 0) is 12.1 Å². The highest BCUT2D eigenvalue weighted by Crippen LogP contribution is 2.23. The number of fused-ring (bicyclic) bond motifs is 1. The predicted molar refractivity (Wildman–Crippen MR) is 61.7 cm³/mol. The number of aromatic nitrogens is 4. The zero-order chi connectivity index (χ0) is 11.7. The number of pyridine rings is 1. The van der Waals surface area contributed by atoms with E-state index in [2.05, 4.69) is 15.0 Å². The van der Waals surface area contributed by atoms with Gasteiger partial charge >= 0.3 is 0 Å². The fourth-order valence-electron chi connectivity index (χ4n) is 1.51. The maximum atomic E-state index is 5.68. The molecule has 84 valence electrons. The second-order valence-corrected chi connectivity index (χ2v) is 3.42. The second kappa shape index (κ2) is 3.75. The first-order chi connectivity index (χ1) is 8.33. The molecule has 0 saturated heterocycles. The largest absolute Gasteiger partial charge is 0.434 e. The van der Waals surface area contributed by atoms with Crippen LogP contribution in [0.5, 0.6) is 11.6 Å². The van der Waals surface area contributed by atoms with Crippen molar-refractivity contribution in [2.24, 2.45) is 0 Å². The lowest BCUT2D eigenvalue weighted by molar-refractivity contribution is 0.464. The van der Waals surface area contributed by atoms with E-state index >= 15 is 0 Å². The Morgan fingerprint density at radius 3 is 3.06 bits per heavy atom. The molecule has 0 atom stereocenters. The average Bonchev–Trinajstić information content (AvgIpc) is 2.78. The smallest absolute Gasteiger partial charge is 0.265 e. The third kappa shape index (κ3) is 1.76. The average molecular weight is 227 g/mol. The van der Waals surface area contributed by atoms with Gasteiger partial charge in [0.2, 0.25) is 5.65 Å². The van der Waals surface area contributed by atoms with E-state index in [1.165, 1.54) is 0 Å². The van der Waals surface area contributed by atoms with Gasteiger partial charge in [-0.25, -0.2) is 4.98 Å². The Hall–Kier alpha value is -2.63. The van der Waals surface area contributed by atoms with Gasteiger partial charge in [0.15, 0.2) is 0 Å². The number of nitrogens with two attached hydrogens (primary N) is 1. The summed E-state index contributed by atoms with van der Waals surface area (Å²) in [5, 5.41) is 0. The van der Waals surface area contributed by atoms with Crippen LogP contribution in [0.25, 0.3) is 5.65 Å². The van der Waals surface area contributed by atoms with Crippen LogP contribution in [0, 0.1) is 0 Å². The number of nitrogen functional groups attached to an aromatic ring is 1. The molecule has 3 heterocycles. The number of imidazole rings is 1. The molecule has 0 spiro atoms. The molecule has 6 nitrogen and oxygen atoms in total. The molecule has 0 aliphatic carbocycles. The molecule has 0 aromatic carbocycles. The molecule has 0 saturated carbocycles. The zero-order valence-corrected chi connectivity index (χ0v) is 8.82. The van der Waals surface area contributed by atoms with Crippen molar-refractivity contribution in [3.05, 3.63) is 43.1 Å². The number of hydrogen-bond donors (Lipinski definition) is 1. The van der Waals surface area contributed by atoms with Gasteiger partial charge in [-0.1, -0.05) is 0 Å². The minimum Gasteiger partial charge on any atom is -0.434 e. The lowest BCUT2D eigenvalue weighted by Gasteiger charge is -2.06. The summed E-state index contributed by atoms with van der Waals surface area (Å²) in [4.78, 5) is 12.2. The molecular formula is C11H9N5O. The summed E-state index contributed by atoms with van der Waals surface area (Å²) in [7, 11) is 0. The highest BCUT2D eigenvalue weighted by Gasteiger charge is 2.08. The lowest BCUT2D eigenvalue weighted by Crippen LogP contribution is -1.99. The maximum absolute atomic E-state index is 5.68. The molecule has 6 heteroatoms. The lowest BCUT2D eigenvalue weighted by atomic mass is 10.5. The molecule has 0 unspecified atom stereocenters. The van der Waals surface area contributed by atoms with Crippen LogP contribution < -0.4 is 10.5 Å². The van der Waals surface area contributed by atoms with Crippen LogP contribution in [0.4, 0.5) is 5.82 Å². The van der Waals surface area contributed by atoms with Crippen LogP contribution in [-0.4, -0.2) is 19.4 Å². The summed E-state index contributed by atoms with van der Waals surface area (Å²) in [5.74, 6) is 1.33. The zero-order valence-electron chi connectivity index (χ0n) is 8.82. The van der Waals surface area contributed by atoms with E-state index in [0.717, 1.165) is 0 Å². The quantitative estimate of drug-likeness (QED) is 0.717. The van der Waals surface area contributed by atoms with Gasteiger partial charge in [-0.15, -0.1) is 0 Å². The highest BCUT2D eigenvalue weighted by atomic mass is 16.5. The van der Waals surface area contributed by atoms with Crippen molar-refractivity contribution >= 4 is 11.5 Å². The number of anilines is 1. The van der Waals surface area contributed by atoms with E-state index in [9.17, 15) is 0 Å². The Morgan fingerprint density at radius 1 is 1.29 bits per heavy atom. The van der Waals surface area contributed by atoms with Crippen LogP contribution in [0.3, 0.4) is 0 Å². The van der Waals surface area contributed by atoms with Crippen LogP contribution in [0.1, 0.15) is 0 Å². The molecule has 0 amide bonds. The summed E-state index contributed by atoms with van der Waals surface area (Å²) in [5.41, 5.74) is 6.30. The maximum Gasteiger partial charge on any atom is 0.265 e. The minimum absolute atomic E-state index is 0.364. The van der Waals surface area contributed by atoms with Crippen molar-refractivity contribution in [3.8, 4) is 11.6 Å². The standard InChI is InChI=1S/C11H9N5O/c12-9-7-16-5-4-14-10(16)11(15-9)17-8-2-1-3-13-6-8/h1-7H,12H2. The Kier molecular flexibility index (Phi) is 2.11. The Morgan fingerprint density at radius 2 is 2.24 bits per heavy atom. The SMILES string of the molecule is Nc1cn2ccnc2c(Oc2cccnc2)n1. The monoisotopic (exact) mass is 227 g/mol. The van der Waals surface area contributed by atoms with E-state index < -0.39 is 0 Å². The fraction of sp³-hybridized carbons (Fsp3) is 0. The summed E-state index contributed by atoms with van der Waals surface area (Å²) < 4.78 is 7.35. The number of hydrogen-bond acceptors (Lipinski definition) is 5. The van der Waals surface area contributed by atoms with Crippen LogP contribution >= 0.6 is 0 Å².